The second kappa shape index (κ2) is 9.94. The minimum atomic E-state index is -0.498. The van der Waals surface area contributed by atoms with Crippen LogP contribution in [0.5, 0.6) is 0 Å². The molecule has 0 unspecified atom stereocenters. The molecule has 1 saturated heterocycles. The number of fused-ring (bicyclic) bond motifs is 2. The lowest BCUT2D eigenvalue weighted by Crippen LogP contribution is -2.44. The van der Waals surface area contributed by atoms with E-state index in [-0.39, 0.29) is 28.4 Å². The number of aromatic nitrogens is 7. The highest BCUT2D eigenvalue weighted by Crippen LogP contribution is 2.34. The molecular formula is C28H29FN10O. The molecule has 5 aromatic rings. The fourth-order valence-corrected chi connectivity index (χ4v) is 5.74. The lowest BCUT2D eigenvalue weighted by atomic mass is 10.1. The average molecular weight is 541 g/mol. The Morgan fingerprint density at radius 3 is 2.73 bits per heavy atom. The quantitative estimate of drug-likeness (QED) is 0.305. The minimum Gasteiger partial charge on any atom is -0.367 e. The second-order valence-electron chi connectivity index (χ2n) is 10.6. The number of carbonyl (C=O) groups excluding carboxylic acids is 1. The number of halogens is 1. The Labute approximate surface area is 229 Å². The van der Waals surface area contributed by atoms with Gasteiger partial charge < -0.3 is 20.1 Å². The summed E-state index contributed by atoms with van der Waals surface area (Å²) in [6.07, 6.45) is 10.2. The van der Waals surface area contributed by atoms with Gasteiger partial charge >= 0.3 is 0 Å². The highest BCUT2D eigenvalue weighted by molar-refractivity contribution is 5.96. The van der Waals surface area contributed by atoms with Crippen molar-refractivity contribution in [1.82, 2.24) is 40.0 Å². The molecule has 3 N–H and O–H groups in total. The van der Waals surface area contributed by atoms with E-state index in [0.717, 1.165) is 63.1 Å². The summed E-state index contributed by atoms with van der Waals surface area (Å²) < 4.78 is 16.2. The zero-order valence-electron chi connectivity index (χ0n) is 22.1. The van der Waals surface area contributed by atoms with E-state index in [1.165, 1.54) is 6.20 Å². The molecule has 1 saturated carbocycles. The molecule has 6 heterocycles. The summed E-state index contributed by atoms with van der Waals surface area (Å²) in [5.74, 6) is -0.0679. The first-order chi connectivity index (χ1) is 19.5. The van der Waals surface area contributed by atoms with Crippen LogP contribution < -0.4 is 10.2 Å². The van der Waals surface area contributed by atoms with E-state index in [1.54, 1.807) is 24.7 Å². The SMILES string of the molecule is CN1CCN(c2ccnc3nc(-c4[nH]nc5ncc(-c6cncc(NC(=O)C7CCCC7)c6)c(F)c45)[nH]c23)CC1. The van der Waals surface area contributed by atoms with Crippen molar-refractivity contribution in [3.63, 3.8) is 0 Å². The average Bonchev–Trinajstić information content (AvgIpc) is 3.73. The van der Waals surface area contributed by atoms with Crippen molar-refractivity contribution >= 4 is 39.5 Å². The number of nitrogens with zero attached hydrogens (tertiary/aromatic N) is 7. The summed E-state index contributed by atoms with van der Waals surface area (Å²) in [5.41, 5.74) is 4.28. The van der Waals surface area contributed by atoms with Crippen molar-refractivity contribution in [3.05, 3.63) is 42.7 Å². The normalized spacial score (nSPS) is 16.8. The van der Waals surface area contributed by atoms with Gasteiger partial charge in [0, 0.05) is 61.8 Å². The summed E-state index contributed by atoms with van der Waals surface area (Å²) in [6, 6.07) is 3.70. The number of imidazole rings is 1. The van der Waals surface area contributed by atoms with E-state index >= 15 is 4.39 Å². The van der Waals surface area contributed by atoms with E-state index in [2.05, 4.69) is 57.3 Å². The second-order valence-corrected chi connectivity index (χ2v) is 10.6. The summed E-state index contributed by atoms with van der Waals surface area (Å²) >= 11 is 0. The number of hydrogen-bond acceptors (Lipinski definition) is 8. The number of H-pyrrole nitrogens is 2. The van der Waals surface area contributed by atoms with Gasteiger partial charge in [0.15, 0.2) is 17.1 Å². The van der Waals surface area contributed by atoms with Gasteiger partial charge in [-0.05, 0) is 32.0 Å². The molecule has 1 aliphatic heterocycles. The van der Waals surface area contributed by atoms with Gasteiger partial charge in [-0.25, -0.2) is 19.3 Å². The first-order valence-electron chi connectivity index (χ1n) is 13.6. The fourth-order valence-electron chi connectivity index (χ4n) is 5.74. The molecule has 0 radical (unpaired) electrons. The van der Waals surface area contributed by atoms with Crippen LogP contribution in [0.15, 0.2) is 36.9 Å². The molecule has 11 nitrogen and oxygen atoms in total. The third kappa shape index (κ3) is 4.34. The zero-order valence-corrected chi connectivity index (χ0v) is 22.1. The number of amides is 1. The van der Waals surface area contributed by atoms with Gasteiger partial charge in [-0.2, -0.15) is 5.10 Å². The highest BCUT2D eigenvalue weighted by atomic mass is 19.1. The fraction of sp³-hybridized carbons (Fsp3) is 0.357. The van der Waals surface area contributed by atoms with E-state index in [9.17, 15) is 4.79 Å². The van der Waals surface area contributed by atoms with Crippen LogP contribution in [0.2, 0.25) is 0 Å². The molecule has 0 spiro atoms. The third-order valence-electron chi connectivity index (χ3n) is 8.01. The Hall–Kier alpha value is -4.45. The van der Waals surface area contributed by atoms with Gasteiger partial charge in [-0.1, -0.05) is 12.8 Å². The number of anilines is 2. The van der Waals surface area contributed by atoms with Crippen LogP contribution in [0.1, 0.15) is 25.7 Å². The lowest BCUT2D eigenvalue weighted by Gasteiger charge is -2.34. The molecule has 2 fully saturated rings. The molecule has 2 aliphatic rings. The summed E-state index contributed by atoms with van der Waals surface area (Å²) in [5, 5.41) is 10.3. The van der Waals surface area contributed by atoms with Gasteiger partial charge in [-0.15, -0.1) is 0 Å². The molecule has 40 heavy (non-hydrogen) atoms. The number of rotatable bonds is 5. The van der Waals surface area contributed by atoms with Gasteiger partial charge in [0.2, 0.25) is 5.91 Å². The molecule has 1 amide bonds. The molecule has 204 valence electrons. The molecular weight excluding hydrogens is 511 g/mol. The van der Waals surface area contributed by atoms with Gasteiger partial charge in [0.05, 0.1) is 23.0 Å². The Balaban J connectivity index is 1.24. The number of nitrogens with one attached hydrogen (secondary N) is 3. The largest absolute Gasteiger partial charge is 0.367 e. The smallest absolute Gasteiger partial charge is 0.227 e. The van der Waals surface area contributed by atoms with Gasteiger partial charge in [-0.3, -0.25) is 14.9 Å². The van der Waals surface area contributed by atoms with E-state index in [0.29, 0.717) is 28.4 Å². The predicted molar refractivity (Wildman–Crippen MR) is 150 cm³/mol. The molecule has 12 heteroatoms. The molecule has 0 atom stereocenters. The van der Waals surface area contributed by atoms with Crippen molar-refractivity contribution in [2.75, 3.05) is 43.4 Å². The van der Waals surface area contributed by atoms with E-state index in [1.807, 2.05) is 6.07 Å². The van der Waals surface area contributed by atoms with Crippen LogP contribution >= 0.6 is 0 Å². The number of carbonyl (C=O) groups is 1. The summed E-state index contributed by atoms with van der Waals surface area (Å²) in [4.78, 5) is 38.4. The Bertz CT molecular complexity index is 1720. The number of aromatic amines is 2. The maximum Gasteiger partial charge on any atom is 0.227 e. The lowest BCUT2D eigenvalue weighted by molar-refractivity contribution is -0.119. The molecule has 0 aromatic carbocycles. The van der Waals surface area contributed by atoms with Crippen molar-refractivity contribution in [2.45, 2.75) is 25.7 Å². The first-order valence-corrected chi connectivity index (χ1v) is 13.6. The molecule has 5 aromatic heterocycles. The monoisotopic (exact) mass is 540 g/mol. The van der Waals surface area contributed by atoms with Crippen LogP contribution in [0.3, 0.4) is 0 Å². The first kappa shape index (κ1) is 24.6. The van der Waals surface area contributed by atoms with Crippen LogP contribution in [-0.2, 0) is 4.79 Å². The van der Waals surface area contributed by atoms with Crippen molar-refractivity contribution in [2.24, 2.45) is 5.92 Å². The zero-order chi connectivity index (χ0) is 27.2. The van der Waals surface area contributed by atoms with Crippen molar-refractivity contribution < 1.29 is 9.18 Å². The van der Waals surface area contributed by atoms with Gasteiger partial charge in [0.1, 0.15) is 17.0 Å². The maximum absolute atomic E-state index is 16.2. The van der Waals surface area contributed by atoms with Crippen LogP contribution in [0.25, 0.3) is 44.8 Å². The Morgan fingerprint density at radius 1 is 1.07 bits per heavy atom. The number of hydrogen-bond donors (Lipinski definition) is 3. The molecule has 1 aliphatic carbocycles. The molecule has 7 rings (SSSR count). The topological polar surface area (TPSA) is 132 Å². The summed E-state index contributed by atoms with van der Waals surface area (Å²) in [7, 11) is 2.12. The number of pyridine rings is 3. The standard InChI is InChI=1S/C28H29FN10O/c1-38-8-10-39(11-9-38)20-6-7-31-26-23(20)34-27(35-26)24-21-22(29)19(15-32-25(21)37-36-24)17-12-18(14-30-13-17)33-28(40)16-4-2-3-5-16/h6-7,12-16H,2-5,8-11H2,1H3,(H,33,40)(H,31,34,35)(H,32,36,37). The third-order valence-corrected chi connectivity index (χ3v) is 8.01. The highest BCUT2D eigenvalue weighted by Gasteiger charge is 2.25. The maximum atomic E-state index is 16.2. The van der Waals surface area contributed by atoms with Gasteiger partial charge in [0.25, 0.3) is 0 Å². The van der Waals surface area contributed by atoms with Crippen molar-refractivity contribution in [3.8, 4) is 22.6 Å². The summed E-state index contributed by atoms with van der Waals surface area (Å²) in [6.45, 7) is 3.73. The minimum absolute atomic E-state index is 0.0157. The van der Waals surface area contributed by atoms with Crippen LogP contribution in [-0.4, -0.2) is 79.2 Å². The number of piperazine rings is 1. The number of likely N-dealkylation sites (N-methyl/N-ethyl adjacent to an activating group) is 1. The Kier molecular flexibility index (Phi) is 6.11. The molecule has 0 bridgehead atoms. The van der Waals surface area contributed by atoms with E-state index in [4.69, 9.17) is 0 Å². The van der Waals surface area contributed by atoms with Crippen molar-refractivity contribution in [1.29, 1.82) is 0 Å². The van der Waals surface area contributed by atoms with Crippen LogP contribution in [0.4, 0.5) is 15.8 Å². The van der Waals surface area contributed by atoms with Crippen LogP contribution in [0, 0.1) is 11.7 Å². The van der Waals surface area contributed by atoms with E-state index < -0.39 is 5.82 Å². The Morgan fingerprint density at radius 2 is 1.90 bits per heavy atom. The predicted octanol–water partition coefficient (Wildman–Crippen LogP) is 3.98.